The number of nitrogens with zero attached hydrogens (tertiary/aromatic N) is 2. The molecule has 2 rings (SSSR count). The average Bonchev–Trinajstić information content (AvgIpc) is 2.74. The van der Waals surface area contributed by atoms with Crippen molar-refractivity contribution < 1.29 is 13.7 Å². The molecule has 0 aliphatic carbocycles. The molecule has 0 radical (unpaired) electrons. The van der Waals surface area contributed by atoms with E-state index in [0.29, 0.717) is 10.7 Å². The van der Waals surface area contributed by atoms with E-state index in [0.717, 1.165) is 4.88 Å². The monoisotopic (exact) mass is 271 g/mol. The quantitative estimate of drug-likeness (QED) is 0.798. The molecule has 8 heteroatoms. The van der Waals surface area contributed by atoms with Crippen LogP contribution in [0.2, 0.25) is 0 Å². The number of methoxy groups -OCH3 is 1. The van der Waals surface area contributed by atoms with Gasteiger partial charge < -0.3 is 4.74 Å². The Morgan fingerprint density at radius 1 is 1.59 bits per heavy atom. The van der Waals surface area contributed by atoms with Crippen molar-refractivity contribution in [3.8, 4) is 0 Å². The van der Waals surface area contributed by atoms with E-state index < -0.39 is 17.1 Å². The van der Waals surface area contributed by atoms with Crippen LogP contribution in [0.4, 0.5) is 0 Å². The molecule has 1 aromatic heterocycles. The van der Waals surface area contributed by atoms with Gasteiger partial charge in [0.1, 0.15) is 5.01 Å². The molecule has 0 amide bonds. The zero-order valence-electron chi connectivity index (χ0n) is 9.09. The number of rotatable bonds is 2. The molecule has 1 N–H and O–H groups in total. The number of hydrogen-bond donors (Lipinski definition) is 1. The van der Waals surface area contributed by atoms with Gasteiger partial charge >= 0.3 is 5.97 Å². The number of aromatic nitrogens is 1. The third-order valence-corrected chi connectivity index (χ3v) is 3.61. The fraction of sp³-hybridized carbons (Fsp3) is 0.222. The Kier molecular flexibility index (Phi) is 3.34. The van der Waals surface area contributed by atoms with Gasteiger partial charge in [-0.25, -0.2) is 14.0 Å². The SMILES string of the molecule is COC(=O)C1=NS(=O)NC(c2ncc(C)s2)=C1. The topological polar surface area (TPSA) is 80.6 Å². The molecule has 0 spiro atoms. The maximum atomic E-state index is 11.4. The van der Waals surface area contributed by atoms with Gasteiger partial charge in [0.15, 0.2) is 5.71 Å². The largest absolute Gasteiger partial charge is 0.464 e. The summed E-state index contributed by atoms with van der Waals surface area (Å²) in [5.74, 6) is -0.620. The second-order valence-electron chi connectivity index (χ2n) is 3.15. The van der Waals surface area contributed by atoms with Crippen molar-refractivity contribution in [1.29, 1.82) is 0 Å². The van der Waals surface area contributed by atoms with Crippen LogP contribution in [-0.4, -0.2) is 28.0 Å². The van der Waals surface area contributed by atoms with Gasteiger partial charge in [0.05, 0.1) is 12.8 Å². The molecule has 2 heterocycles. The lowest BCUT2D eigenvalue weighted by molar-refractivity contribution is -0.132. The van der Waals surface area contributed by atoms with Crippen molar-refractivity contribution in [2.75, 3.05) is 7.11 Å². The first kappa shape index (κ1) is 11.9. The van der Waals surface area contributed by atoms with Gasteiger partial charge in [-0.2, -0.15) is 4.40 Å². The Hall–Kier alpha value is -1.54. The van der Waals surface area contributed by atoms with Gasteiger partial charge in [0.25, 0.3) is 0 Å². The molecule has 0 aromatic carbocycles. The zero-order valence-corrected chi connectivity index (χ0v) is 10.7. The van der Waals surface area contributed by atoms with E-state index >= 15 is 0 Å². The lowest BCUT2D eigenvalue weighted by Crippen LogP contribution is -2.25. The summed E-state index contributed by atoms with van der Waals surface area (Å²) in [4.78, 5) is 16.5. The highest BCUT2D eigenvalue weighted by Gasteiger charge is 2.20. The summed E-state index contributed by atoms with van der Waals surface area (Å²) in [6, 6.07) is 0. The number of carbonyl (C=O) groups excluding carboxylic acids is 1. The molecule has 17 heavy (non-hydrogen) atoms. The van der Waals surface area contributed by atoms with Crippen molar-refractivity contribution in [3.63, 3.8) is 0 Å². The second kappa shape index (κ2) is 4.76. The minimum atomic E-state index is -1.68. The van der Waals surface area contributed by atoms with Crippen LogP contribution in [0.1, 0.15) is 9.88 Å². The van der Waals surface area contributed by atoms with E-state index in [2.05, 4.69) is 18.8 Å². The number of aryl methyl sites for hydroxylation is 1. The molecule has 1 atom stereocenters. The van der Waals surface area contributed by atoms with Crippen LogP contribution in [0.25, 0.3) is 5.70 Å². The van der Waals surface area contributed by atoms with Gasteiger partial charge in [-0.15, -0.1) is 11.3 Å². The molecule has 0 fully saturated rings. The molecule has 1 aromatic rings. The van der Waals surface area contributed by atoms with E-state index in [1.807, 2.05) is 6.92 Å². The molecule has 0 saturated carbocycles. The van der Waals surface area contributed by atoms with Crippen LogP contribution >= 0.6 is 11.3 Å². The number of ether oxygens (including phenoxy) is 1. The second-order valence-corrected chi connectivity index (χ2v) is 5.27. The average molecular weight is 271 g/mol. The predicted molar refractivity (Wildman–Crippen MR) is 65.6 cm³/mol. The zero-order chi connectivity index (χ0) is 12.4. The van der Waals surface area contributed by atoms with Gasteiger partial charge in [-0.3, -0.25) is 4.72 Å². The van der Waals surface area contributed by atoms with Gasteiger partial charge in [0.2, 0.25) is 11.2 Å². The number of carbonyl (C=O) groups is 1. The fourth-order valence-corrected chi connectivity index (χ4v) is 2.68. The molecule has 90 valence electrons. The summed E-state index contributed by atoms with van der Waals surface area (Å²) < 4.78 is 22.2. The van der Waals surface area contributed by atoms with Crippen LogP contribution in [0, 0.1) is 6.92 Å². The van der Waals surface area contributed by atoms with Crippen molar-refractivity contribution >= 4 is 39.9 Å². The summed E-state index contributed by atoms with van der Waals surface area (Å²) in [5.41, 5.74) is 0.532. The Labute approximate surface area is 104 Å². The predicted octanol–water partition coefficient (Wildman–Crippen LogP) is 0.588. The Morgan fingerprint density at radius 3 is 2.94 bits per heavy atom. The lowest BCUT2D eigenvalue weighted by atomic mass is 10.3. The van der Waals surface area contributed by atoms with Crippen molar-refractivity contribution in [2.24, 2.45) is 4.40 Å². The van der Waals surface area contributed by atoms with Gasteiger partial charge in [-0.1, -0.05) is 0 Å². The third kappa shape index (κ3) is 2.59. The first-order valence-corrected chi connectivity index (χ1v) is 6.52. The maximum Gasteiger partial charge on any atom is 0.357 e. The number of thiazole rings is 1. The van der Waals surface area contributed by atoms with Crippen molar-refractivity contribution in [3.05, 3.63) is 22.2 Å². The Morgan fingerprint density at radius 2 is 2.35 bits per heavy atom. The third-order valence-electron chi connectivity index (χ3n) is 1.91. The van der Waals surface area contributed by atoms with Crippen LogP contribution in [-0.2, 0) is 20.7 Å². The minimum Gasteiger partial charge on any atom is -0.464 e. The van der Waals surface area contributed by atoms with Crippen LogP contribution in [0.5, 0.6) is 0 Å². The van der Waals surface area contributed by atoms with Crippen LogP contribution in [0.3, 0.4) is 0 Å². The molecular formula is C9H9N3O3S2. The Balaban J connectivity index is 2.36. The van der Waals surface area contributed by atoms with E-state index in [4.69, 9.17) is 0 Å². The van der Waals surface area contributed by atoms with Crippen molar-refractivity contribution in [1.82, 2.24) is 9.71 Å². The molecule has 6 nitrogen and oxygen atoms in total. The summed E-state index contributed by atoms with van der Waals surface area (Å²) in [5, 5.41) is 0.659. The normalized spacial score (nSPS) is 19.1. The lowest BCUT2D eigenvalue weighted by Gasteiger charge is -2.10. The molecule has 1 aliphatic heterocycles. The summed E-state index contributed by atoms with van der Waals surface area (Å²) >= 11 is -0.244. The standard InChI is InChI=1S/C9H9N3O3S2/c1-5-4-10-8(16-5)6-3-7(9(13)15-2)12-17(14)11-6/h3-4,11H,1-2H3. The first-order valence-electron chi connectivity index (χ1n) is 4.60. The summed E-state index contributed by atoms with van der Waals surface area (Å²) in [7, 11) is 1.25. The molecule has 0 saturated heterocycles. The number of esters is 1. The Bertz CT molecular complexity index is 547. The van der Waals surface area contributed by atoms with E-state index in [-0.39, 0.29) is 5.71 Å². The number of hydrogen-bond acceptors (Lipinski definition) is 5. The van der Waals surface area contributed by atoms with Crippen LogP contribution in [0.15, 0.2) is 16.7 Å². The van der Waals surface area contributed by atoms with Gasteiger partial charge in [-0.05, 0) is 13.0 Å². The van der Waals surface area contributed by atoms with E-state index in [1.165, 1.54) is 24.5 Å². The minimum absolute atomic E-state index is 0.0208. The van der Waals surface area contributed by atoms with Crippen molar-refractivity contribution in [2.45, 2.75) is 6.92 Å². The molecule has 1 aliphatic rings. The molecule has 0 bridgehead atoms. The summed E-state index contributed by atoms with van der Waals surface area (Å²) in [6.45, 7) is 1.91. The molecule has 1 unspecified atom stereocenters. The van der Waals surface area contributed by atoms with E-state index in [1.54, 1.807) is 6.20 Å². The highest BCUT2D eigenvalue weighted by molar-refractivity contribution is 7.82. The summed E-state index contributed by atoms with van der Waals surface area (Å²) in [6.07, 6.45) is 3.18. The number of nitrogens with one attached hydrogen (secondary N) is 1. The first-order chi connectivity index (χ1) is 8.10. The molecular weight excluding hydrogens is 262 g/mol. The van der Waals surface area contributed by atoms with E-state index in [9.17, 15) is 9.00 Å². The fourth-order valence-electron chi connectivity index (χ4n) is 1.18. The van der Waals surface area contributed by atoms with Gasteiger partial charge in [0, 0.05) is 11.1 Å². The smallest absolute Gasteiger partial charge is 0.357 e. The highest BCUT2D eigenvalue weighted by atomic mass is 32.2. The van der Waals surface area contributed by atoms with Crippen LogP contribution < -0.4 is 4.72 Å². The highest BCUT2D eigenvalue weighted by Crippen LogP contribution is 2.21. The maximum absolute atomic E-state index is 11.4.